The summed E-state index contributed by atoms with van der Waals surface area (Å²) in [5.74, 6) is 1.34. The number of amides is 1. The molecule has 142 valence electrons. The van der Waals surface area contributed by atoms with Gasteiger partial charge in [0.05, 0.1) is 6.54 Å². The van der Waals surface area contributed by atoms with Gasteiger partial charge >= 0.3 is 0 Å². The smallest absolute Gasteiger partial charge is 0.246 e. The number of benzene rings is 1. The molecule has 2 aliphatic heterocycles. The van der Waals surface area contributed by atoms with E-state index in [1.54, 1.807) is 7.05 Å². The number of likely N-dealkylation sites (tertiary alicyclic amines) is 1. The fourth-order valence-electron chi connectivity index (χ4n) is 3.84. The van der Waals surface area contributed by atoms with E-state index in [1.807, 2.05) is 23.1 Å². The van der Waals surface area contributed by atoms with Gasteiger partial charge < -0.3 is 15.5 Å². The Morgan fingerprint density at radius 2 is 2.08 bits per heavy atom. The molecule has 0 bridgehead atoms. The highest BCUT2D eigenvalue weighted by Crippen LogP contribution is 2.27. The van der Waals surface area contributed by atoms with Crippen LogP contribution < -0.4 is 15.5 Å². The summed E-state index contributed by atoms with van der Waals surface area (Å²) < 4.78 is 0. The van der Waals surface area contributed by atoms with Crippen molar-refractivity contribution in [2.75, 3.05) is 38.1 Å². The SMILES string of the molecule is CN=C(NCC(=O)N1CCc2ccccc21)NC1CN(C(C)C)CC1C. The third kappa shape index (κ3) is 4.01. The predicted molar refractivity (Wildman–Crippen MR) is 107 cm³/mol. The van der Waals surface area contributed by atoms with Gasteiger partial charge in [-0.2, -0.15) is 0 Å². The number of hydrogen-bond acceptors (Lipinski definition) is 3. The van der Waals surface area contributed by atoms with Crippen LogP contribution in [0.3, 0.4) is 0 Å². The summed E-state index contributed by atoms with van der Waals surface area (Å²) in [5.41, 5.74) is 2.29. The molecule has 0 aromatic heterocycles. The third-order valence-electron chi connectivity index (χ3n) is 5.51. The Bertz CT molecular complexity index is 672. The maximum absolute atomic E-state index is 12.6. The summed E-state index contributed by atoms with van der Waals surface area (Å²) in [7, 11) is 1.75. The second-order valence-electron chi connectivity index (χ2n) is 7.63. The molecule has 1 aromatic carbocycles. The average Bonchev–Trinajstić information content (AvgIpc) is 3.22. The lowest BCUT2D eigenvalue weighted by molar-refractivity contribution is -0.117. The molecule has 2 unspecified atom stereocenters. The first-order valence-electron chi connectivity index (χ1n) is 9.59. The highest BCUT2D eigenvalue weighted by molar-refractivity contribution is 5.98. The van der Waals surface area contributed by atoms with Gasteiger partial charge in [0, 0.05) is 44.5 Å². The number of hydrogen-bond donors (Lipinski definition) is 2. The van der Waals surface area contributed by atoms with Crippen LogP contribution in [0, 0.1) is 5.92 Å². The van der Waals surface area contributed by atoms with E-state index in [2.05, 4.69) is 47.4 Å². The zero-order valence-electron chi connectivity index (χ0n) is 16.3. The van der Waals surface area contributed by atoms with Crippen LogP contribution in [-0.4, -0.2) is 62.1 Å². The number of carbonyl (C=O) groups excluding carboxylic acids is 1. The number of para-hydroxylation sites is 1. The predicted octanol–water partition coefficient (Wildman–Crippen LogP) is 1.47. The highest BCUT2D eigenvalue weighted by atomic mass is 16.2. The van der Waals surface area contributed by atoms with Gasteiger partial charge in [0.25, 0.3) is 0 Å². The van der Waals surface area contributed by atoms with Crippen molar-refractivity contribution in [1.82, 2.24) is 15.5 Å². The van der Waals surface area contributed by atoms with Gasteiger partial charge in [0.15, 0.2) is 5.96 Å². The van der Waals surface area contributed by atoms with Crippen molar-refractivity contribution in [3.63, 3.8) is 0 Å². The second-order valence-corrected chi connectivity index (χ2v) is 7.63. The van der Waals surface area contributed by atoms with Crippen molar-refractivity contribution in [2.24, 2.45) is 10.9 Å². The summed E-state index contributed by atoms with van der Waals surface area (Å²) >= 11 is 0. The molecule has 2 N–H and O–H groups in total. The molecule has 0 radical (unpaired) electrons. The Balaban J connectivity index is 1.53. The first-order chi connectivity index (χ1) is 12.5. The van der Waals surface area contributed by atoms with E-state index < -0.39 is 0 Å². The van der Waals surface area contributed by atoms with E-state index in [9.17, 15) is 4.79 Å². The minimum atomic E-state index is 0.0844. The normalized spacial score (nSPS) is 23.4. The maximum Gasteiger partial charge on any atom is 0.246 e. The number of rotatable bonds is 4. The first kappa shape index (κ1) is 18.7. The van der Waals surface area contributed by atoms with Gasteiger partial charge in [-0.05, 0) is 37.8 Å². The van der Waals surface area contributed by atoms with Crippen LogP contribution in [0.4, 0.5) is 5.69 Å². The second kappa shape index (κ2) is 8.08. The molecular weight excluding hydrogens is 326 g/mol. The summed E-state index contributed by atoms with van der Waals surface area (Å²) in [6.45, 7) is 9.84. The third-order valence-corrected chi connectivity index (χ3v) is 5.51. The maximum atomic E-state index is 12.6. The largest absolute Gasteiger partial charge is 0.352 e. The summed E-state index contributed by atoms with van der Waals surface area (Å²) in [4.78, 5) is 21.3. The van der Waals surface area contributed by atoms with Crippen LogP contribution in [0.25, 0.3) is 0 Å². The summed E-state index contributed by atoms with van der Waals surface area (Å²) in [6, 6.07) is 9.04. The van der Waals surface area contributed by atoms with Gasteiger partial charge in [-0.15, -0.1) is 0 Å². The number of nitrogens with one attached hydrogen (secondary N) is 2. The molecule has 2 aliphatic rings. The Morgan fingerprint density at radius 1 is 1.31 bits per heavy atom. The van der Waals surface area contributed by atoms with Crippen molar-refractivity contribution in [2.45, 2.75) is 39.3 Å². The quantitative estimate of drug-likeness (QED) is 0.633. The Morgan fingerprint density at radius 3 is 2.77 bits per heavy atom. The number of guanidine groups is 1. The van der Waals surface area contributed by atoms with Crippen molar-refractivity contribution < 1.29 is 4.79 Å². The molecule has 6 heteroatoms. The molecule has 3 rings (SSSR count). The van der Waals surface area contributed by atoms with Crippen LogP contribution in [0.15, 0.2) is 29.3 Å². The Labute approximate surface area is 156 Å². The van der Waals surface area contributed by atoms with Gasteiger partial charge in [0.2, 0.25) is 5.91 Å². The molecule has 0 spiro atoms. The van der Waals surface area contributed by atoms with E-state index in [4.69, 9.17) is 0 Å². The van der Waals surface area contributed by atoms with Crippen molar-refractivity contribution in [3.05, 3.63) is 29.8 Å². The van der Waals surface area contributed by atoms with Crippen molar-refractivity contribution >= 4 is 17.6 Å². The number of anilines is 1. The molecule has 1 saturated heterocycles. The van der Waals surface area contributed by atoms with Crippen LogP contribution in [0.1, 0.15) is 26.3 Å². The van der Waals surface area contributed by atoms with E-state index >= 15 is 0 Å². The highest BCUT2D eigenvalue weighted by Gasteiger charge is 2.31. The minimum absolute atomic E-state index is 0.0844. The minimum Gasteiger partial charge on any atom is -0.352 e. The van der Waals surface area contributed by atoms with E-state index in [0.29, 0.717) is 24.0 Å². The molecule has 2 atom stereocenters. The van der Waals surface area contributed by atoms with Crippen LogP contribution in [0.2, 0.25) is 0 Å². The van der Waals surface area contributed by atoms with E-state index in [-0.39, 0.29) is 12.5 Å². The van der Waals surface area contributed by atoms with E-state index in [1.165, 1.54) is 5.56 Å². The number of carbonyl (C=O) groups is 1. The van der Waals surface area contributed by atoms with Crippen molar-refractivity contribution in [1.29, 1.82) is 0 Å². The van der Waals surface area contributed by atoms with E-state index in [0.717, 1.165) is 31.7 Å². The lowest BCUT2D eigenvalue weighted by Gasteiger charge is -2.23. The molecule has 1 aromatic rings. The summed E-state index contributed by atoms with van der Waals surface area (Å²) in [5, 5.41) is 6.69. The molecular formula is C20H31N5O. The van der Waals surface area contributed by atoms with Crippen molar-refractivity contribution in [3.8, 4) is 0 Å². The lowest BCUT2D eigenvalue weighted by atomic mass is 10.1. The molecule has 1 fully saturated rings. The standard InChI is InChI=1S/C20H31N5O/c1-14(2)24-12-15(3)17(13-24)23-20(21-4)22-11-19(26)25-10-9-16-7-5-6-8-18(16)25/h5-8,14-15,17H,9-13H2,1-4H3,(H2,21,22,23). The zero-order valence-corrected chi connectivity index (χ0v) is 16.3. The van der Waals surface area contributed by atoms with Gasteiger partial charge in [-0.25, -0.2) is 0 Å². The Hall–Kier alpha value is -2.08. The van der Waals surface area contributed by atoms with Gasteiger partial charge in [-0.1, -0.05) is 25.1 Å². The lowest BCUT2D eigenvalue weighted by Crippen LogP contribution is -2.49. The van der Waals surface area contributed by atoms with Gasteiger partial charge in [0.1, 0.15) is 0 Å². The van der Waals surface area contributed by atoms with Crippen LogP contribution in [0.5, 0.6) is 0 Å². The molecule has 26 heavy (non-hydrogen) atoms. The molecule has 2 heterocycles. The number of nitrogens with zero attached hydrogens (tertiary/aromatic N) is 3. The molecule has 0 aliphatic carbocycles. The molecule has 0 saturated carbocycles. The number of fused-ring (bicyclic) bond motifs is 1. The molecule has 6 nitrogen and oxygen atoms in total. The fourth-order valence-corrected chi connectivity index (χ4v) is 3.84. The Kier molecular flexibility index (Phi) is 5.81. The summed E-state index contributed by atoms with van der Waals surface area (Å²) in [6.07, 6.45) is 0.930. The molecule has 1 amide bonds. The first-order valence-corrected chi connectivity index (χ1v) is 9.59. The average molecular weight is 358 g/mol. The van der Waals surface area contributed by atoms with Crippen LogP contribution >= 0.6 is 0 Å². The number of aliphatic imine (C=N–C) groups is 1. The zero-order chi connectivity index (χ0) is 18.7. The van der Waals surface area contributed by atoms with Gasteiger partial charge in [-0.3, -0.25) is 14.7 Å². The topological polar surface area (TPSA) is 60.0 Å². The fraction of sp³-hybridized carbons (Fsp3) is 0.600. The monoisotopic (exact) mass is 357 g/mol. The van der Waals surface area contributed by atoms with Crippen LogP contribution in [-0.2, 0) is 11.2 Å².